The highest BCUT2D eigenvalue weighted by Gasteiger charge is 2.40. The largest absolute Gasteiger partial charge is 0.417 e. The summed E-state index contributed by atoms with van der Waals surface area (Å²) in [6.45, 7) is 1.87. The third-order valence-electron chi connectivity index (χ3n) is 6.16. The van der Waals surface area contributed by atoms with Crippen LogP contribution in [0.25, 0.3) is 0 Å². The van der Waals surface area contributed by atoms with Crippen LogP contribution in [0.3, 0.4) is 0 Å². The van der Waals surface area contributed by atoms with Crippen molar-refractivity contribution in [3.8, 4) is 0 Å². The first-order valence-corrected chi connectivity index (χ1v) is 11.1. The number of likely N-dealkylation sites (N-methyl/N-ethyl adjacent to an activating group) is 1. The van der Waals surface area contributed by atoms with Gasteiger partial charge in [-0.25, -0.2) is 8.42 Å². The number of alkyl halides is 3. The first kappa shape index (κ1) is 20.2. The molecule has 0 aromatic heterocycles. The number of halogens is 3. The molecule has 0 saturated carbocycles. The first-order valence-electron chi connectivity index (χ1n) is 9.57. The predicted octanol–water partition coefficient (Wildman–Crippen LogP) is 4.17. The SMILES string of the molecule is CN1CCC2[C@H](CC1)c1cc(S(=O)(=O)c3ccccc3C(F)(F)F)ccc1N2C. The molecular weight excluding hydrogens is 401 g/mol. The van der Waals surface area contributed by atoms with Gasteiger partial charge in [-0.3, -0.25) is 0 Å². The Morgan fingerprint density at radius 3 is 2.41 bits per heavy atom. The molecule has 2 aliphatic heterocycles. The zero-order chi connectivity index (χ0) is 21.0. The molecule has 2 heterocycles. The van der Waals surface area contributed by atoms with E-state index in [1.165, 1.54) is 18.2 Å². The maximum atomic E-state index is 13.4. The third kappa shape index (κ3) is 3.42. The monoisotopic (exact) mass is 424 g/mol. The molecule has 0 radical (unpaired) electrons. The minimum absolute atomic E-state index is 0.0837. The highest BCUT2D eigenvalue weighted by molar-refractivity contribution is 7.91. The quantitative estimate of drug-likeness (QED) is 0.726. The number of sulfone groups is 1. The van der Waals surface area contributed by atoms with E-state index in [1.807, 2.05) is 7.05 Å². The lowest BCUT2D eigenvalue weighted by Gasteiger charge is -2.25. The van der Waals surface area contributed by atoms with Crippen molar-refractivity contribution in [3.63, 3.8) is 0 Å². The number of anilines is 1. The van der Waals surface area contributed by atoms with Crippen LogP contribution >= 0.6 is 0 Å². The van der Waals surface area contributed by atoms with Crippen LogP contribution in [0.2, 0.25) is 0 Å². The summed E-state index contributed by atoms with van der Waals surface area (Å²) in [5.41, 5.74) is 0.748. The minimum atomic E-state index is -4.74. The van der Waals surface area contributed by atoms with Crippen LogP contribution in [-0.4, -0.2) is 46.5 Å². The lowest BCUT2D eigenvalue weighted by molar-refractivity contribution is -0.139. The van der Waals surface area contributed by atoms with Gasteiger partial charge in [0.15, 0.2) is 0 Å². The molecular formula is C21H23F3N2O2S. The van der Waals surface area contributed by atoms with Gasteiger partial charge in [-0.15, -0.1) is 0 Å². The number of hydrogen-bond acceptors (Lipinski definition) is 4. The minimum Gasteiger partial charge on any atom is -0.371 e. The predicted molar refractivity (Wildman–Crippen MR) is 105 cm³/mol. The molecule has 1 saturated heterocycles. The lowest BCUT2D eigenvalue weighted by Crippen LogP contribution is -2.31. The summed E-state index contributed by atoms with van der Waals surface area (Å²) in [5.74, 6) is 0.174. The summed E-state index contributed by atoms with van der Waals surface area (Å²) >= 11 is 0. The molecule has 1 unspecified atom stereocenters. The van der Waals surface area contributed by atoms with Crippen LogP contribution in [0.15, 0.2) is 52.3 Å². The third-order valence-corrected chi connectivity index (χ3v) is 7.97. The molecule has 1 fully saturated rings. The highest BCUT2D eigenvalue weighted by atomic mass is 32.2. The molecule has 2 aromatic carbocycles. The van der Waals surface area contributed by atoms with E-state index in [2.05, 4.69) is 16.8 Å². The van der Waals surface area contributed by atoms with Crippen molar-refractivity contribution in [2.24, 2.45) is 0 Å². The Kier molecular flexibility index (Phi) is 4.90. The molecule has 0 aliphatic carbocycles. The van der Waals surface area contributed by atoms with Gasteiger partial charge < -0.3 is 9.80 Å². The Labute approximate surface area is 168 Å². The van der Waals surface area contributed by atoms with Crippen molar-refractivity contribution in [3.05, 3.63) is 53.6 Å². The molecule has 2 atom stereocenters. The summed E-state index contributed by atoms with van der Waals surface area (Å²) in [6, 6.07) is 9.38. The first-order chi connectivity index (χ1) is 13.6. The Bertz CT molecular complexity index is 1040. The van der Waals surface area contributed by atoms with Crippen LogP contribution < -0.4 is 4.90 Å². The van der Waals surface area contributed by atoms with E-state index >= 15 is 0 Å². The van der Waals surface area contributed by atoms with Gasteiger partial charge in [-0.2, -0.15) is 13.2 Å². The van der Waals surface area contributed by atoms with E-state index in [4.69, 9.17) is 0 Å². The van der Waals surface area contributed by atoms with Crippen molar-refractivity contribution in [2.75, 3.05) is 32.1 Å². The van der Waals surface area contributed by atoms with E-state index in [9.17, 15) is 21.6 Å². The molecule has 4 rings (SSSR count). The van der Waals surface area contributed by atoms with E-state index in [0.29, 0.717) is 0 Å². The van der Waals surface area contributed by atoms with Gasteiger partial charge in [0.1, 0.15) is 0 Å². The normalized spacial score (nSPS) is 22.9. The van der Waals surface area contributed by atoms with Gasteiger partial charge in [0.2, 0.25) is 9.84 Å². The van der Waals surface area contributed by atoms with Gasteiger partial charge in [0.25, 0.3) is 0 Å². The van der Waals surface area contributed by atoms with Gasteiger partial charge in [-0.1, -0.05) is 12.1 Å². The van der Waals surface area contributed by atoms with Gasteiger partial charge in [-0.05, 0) is 68.9 Å². The summed E-state index contributed by atoms with van der Waals surface area (Å²) in [6.07, 6.45) is -2.88. The Morgan fingerprint density at radius 1 is 1.00 bits per heavy atom. The molecule has 2 aliphatic rings. The number of likely N-dealkylation sites (tertiary alicyclic amines) is 1. The zero-order valence-electron chi connectivity index (χ0n) is 16.3. The van der Waals surface area contributed by atoms with Gasteiger partial charge in [0.05, 0.1) is 15.4 Å². The van der Waals surface area contributed by atoms with Crippen LogP contribution in [-0.2, 0) is 16.0 Å². The fraction of sp³-hybridized carbons (Fsp3) is 0.429. The van der Waals surface area contributed by atoms with E-state index in [0.717, 1.165) is 49.3 Å². The topological polar surface area (TPSA) is 40.6 Å². The second kappa shape index (κ2) is 7.02. The molecule has 2 aromatic rings. The van der Waals surface area contributed by atoms with Gasteiger partial charge >= 0.3 is 6.18 Å². The fourth-order valence-electron chi connectivity index (χ4n) is 4.60. The second-order valence-corrected chi connectivity index (χ2v) is 9.80. The van der Waals surface area contributed by atoms with E-state index in [1.54, 1.807) is 12.1 Å². The number of fused-ring (bicyclic) bond motifs is 3. The van der Waals surface area contributed by atoms with Crippen LogP contribution in [0.4, 0.5) is 18.9 Å². The number of hydrogen-bond donors (Lipinski definition) is 0. The smallest absolute Gasteiger partial charge is 0.371 e. The summed E-state index contributed by atoms with van der Waals surface area (Å²) in [5, 5.41) is 0. The van der Waals surface area contributed by atoms with Crippen molar-refractivity contribution in [1.29, 1.82) is 0 Å². The van der Waals surface area contributed by atoms with Crippen molar-refractivity contribution in [1.82, 2.24) is 4.90 Å². The average Bonchev–Trinajstić information content (AvgIpc) is 2.80. The van der Waals surface area contributed by atoms with E-state index in [-0.39, 0.29) is 16.9 Å². The Morgan fingerprint density at radius 2 is 1.69 bits per heavy atom. The summed E-state index contributed by atoms with van der Waals surface area (Å²) in [7, 11) is -0.230. The molecule has 0 spiro atoms. The highest BCUT2D eigenvalue weighted by Crippen LogP contribution is 2.46. The zero-order valence-corrected chi connectivity index (χ0v) is 17.1. The van der Waals surface area contributed by atoms with Crippen LogP contribution in [0.5, 0.6) is 0 Å². The molecule has 4 nitrogen and oxygen atoms in total. The summed E-state index contributed by atoms with van der Waals surface area (Å²) < 4.78 is 66.5. The molecule has 156 valence electrons. The standard InChI is InChI=1S/C21H23F3N2O2S/c1-25-11-9-15-16-13-14(7-8-18(16)26(2)19(15)10-12-25)29(27,28)20-6-4-3-5-17(20)21(22,23)24/h3-8,13,15,19H,9-12H2,1-2H3/t15-,19?/m1/s1. The molecule has 8 heteroatoms. The fourth-order valence-corrected chi connectivity index (χ4v) is 6.12. The van der Waals surface area contributed by atoms with Crippen LogP contribution in [0.1, 0.15) is 29.9 Å². The molecule has 0 bridgehead atoms. The maximum Gasteiger partial charge on any atom is 0.417 e. The maximum absolute atomic E-state index is 13.4. The molecule has 0 amide bonds. The Balaban J connectivity index is 1.80. The summed E-state index contributed by atoms with van der Waals surface area (Å²) in [4.78, 5) is 3.65. The molecule has 29 heavy (non-hydrogen) atoms. The lowest BCUT2D eigenvalue weighted by atomic mass is 9.91. The van der Waals surface area contributed by atoms with E-state index < -0.39 is 26.5 Å². The number of nitrogens with zero attached hydrogens (tertiary/aromatic N) is 2. The number of rotatable bonds is 2. The molecule has 0 N–H and O–H groups in total. The van der Waals surface area contributed by atoms with Crippen molar-refractivity contribution >= 4 is 15.5 Å². The van der Waals surface area contributed by atoms with Gasteiger partial charge in [0, 0.05) is 24.7 Å². The van der Waals surface area contributed by atoms with Crippen LogP contribution in [0, 0.1) is 0 Å². The number of benzene rings is 2. The van der Waals surface area contributed by atoms with Crippen molar-refractivity contribution in [2.45, 2.75) is 40.8 Å². The second-order valence-electron chi connectivity index (χ2n) is 7.88. The Hall–Kier alpha value is -2.06. The average molecular weight is 424 g/mol. The van der Waals surface area contributed by atoms with Crippen molar-refractivity contribution < 1.29 is 21.6 Å².